The zero-order chi connectivity index (χ0) is 12.5. The molecule has 4 heteroatoms. The van der Waals surface area contributed by atoms with Crippen LogP contribution in [0.25, 0.3) is 0 Å². The van der Waals surface area contributed by atoms with Crippen LogP contribution in [0.15, 0.2) is 18.2 Å². The van der Waals surface area contributed by atoms with Crippen LogP contribution in [0.4, 0.5) is 5.69 Å². The molecule has 0 aromatic heterocycles. The first-order chi connectivity index (χ1) is 7.98. The number of anilines is 1. The molecule has 0 aliphatic carbocycles. The highest BCUT2D eigenvalue weighted by Crippen LogP contribution is 2.26. The number of aryl methyl sites for hydroxylation is 1. The van der Waals surface area contributed by atoms with E-state index >= 15 is 0 Å². The number of β-amino-alcohol motifs (C(OH)–C–C–N with tert-alkyl or cyclic N) is 1. The van der Waals surface area contributed by atoms with E-state index < -0.39 is 5.60 Å². The minimum Gasteiger partial charge on any atom is -0.387 e. The monoisotopic (exact) mass is 254 g/mol. The molecule has 2 rings (SSSR count). The van der Waals surface area contributed by atoms with Crippen LogP contribution >= 0.6 is 11.6 Å². The van der Waals surface area contributed by atoms with Gasteiger partial charge in [-0.3, -0.25) is 0 Å². The molecule has 0 bridgehead atoms. The number of rotatable bonds is 1. The zero-order valence-electron chi connectivity index (χ0n) is 10.3. The molecule has 0 amide bonds. The molecule has 1 saturated heterocycles. The second-order valence-electron chi connectivity index (χ2n) is 5.03. The molecule has 0 radical (unpaired) electrons. The first kappa shape index (κ1) is 12.7. The third-order valence-electron chi connectivity index (χ3n) is 3.11. The molecule has 1 aliphatic heterocycles. The van der Waals surface area contributed by atoms with Crippen LogP contribution in [0.1, 0.15) is 12.5 Å². The number of aliphatic hydroxyl groups is 1. The van der Waals surface area contributed by atoms with Gasteiger partial charge in [-0.1, -0.05) is 17.7 Å². The highest BCUT2D eigenvalue weighted by atomic mass is 35.5. The Morgan fingerprint density at radius 3 is 3.00 bits per heavy atom. The molecule has 94 valence electrons. The highest BCUT2D eigenvalue weighted by Gasteiger charge is 2.27. The van der Waals surface area contributed by atoms with E-state index in [0.29, 0.717) is 13.1 Å². The maximum absolute atomic E-state index is 10.2. The topological polar surface area (TPSA) is 35.5 Å². The van der Waals surface area contributed by atoms with Gasteiger partial charge in [-0.2, -0.15) is 0 Å². The molecular weight excluding hydrogens is 236 g/mol. The molecule has 1 aromatic rings. The van der Waals surface area contributed by atoms with E-state index in [2.05, 4.69) is 17.1 Å². The summed E-state index contributed by atoms with van der Waals surface area (Å²) in [6, 6.07) is 5.89. The summed E-state index contributed by atoms with van der Waals surface area (Å²) in [6.07, 6.45) is 0. The van der Waals surface area contributed by atoms with Crippen LogP contribution in [0.3, 0.4) is 0 Å². The van der Waals surface area contributed by atoms with Gasteiger partial charge in [-0.05, 0) is 31.5 Å². The molecule has 17 heavy (non-hydrogen) atoms. The average Bonchev–Trinajstić information content (AvgIpc) is 2.43. The summed E-state index contributed by atoms with van der Waals surface area (Å²) in [7, 11) is 0. The first-order valence-electron chi connectivity index (χ1n) is 5.92. The van der Waals surface area contributed by atoms with Gasteiger partial charge in [-0.15, -0.1) is 0 Å². The lowest BCUT2D eigenvalue weighted by Crippen LogP contribution is -2.43. The van der Waals surface area contributed by atoms with Crippen molar-refractivity contribution in [2.24, 2.45) is 0 Å². The molecule has 3 nitrogen and oxygen atoms in total. The fraction of sp³-hybridized carbons (Fsp3) is 0.538. The summed E-state index contributed by atoms with van der Waals surface area (Å²) in [4.78, 5) is 2.20. The van der Waals surface area contributed by atoms with Crippen LogP contribution in [-0.4, -0.2) is 36.9 Å². The van der Waals surface area contributed by atoms with Gasteiger partial charge >= 0.3 is 0 Å². The van der Waals surface area contributed by atoms with Crippen molar-refractivity contribution in [2.75, 3.05) is 31.1 Å². The second-order valence-corrected chi connectivity index (χ2v) is 5.46. The fourth-order valence-electron chi connectivity index (χ4n) is 2.25. The smallest absolute Gasteiger partial charge is 0.0917 e. The van der Waals surface area contributed by atoms with Crippen molar-refractivity contribution < 1.29 is 5.11 Å². The number of benzene rings is 1. The minimum absolute atomic E-state index is 0.626. The predicted molar refractivity (Wildman–Crippen MR) is 71.9 cm³/mol. The largest absolute Gasteiger partial charge is 0.387 e. The molecule has 1 unspecified atom stereocenters. The summed E-state index contributed by atoms with van der Waals surface area (Å²) in [5.41, 5.74) is 1.60. The fourth-order valence-corrected chi connectivity index (χ4v) is 2.41. The summed E-state index contributed by atoms with van der Waals surface area (Å²) in [5, 5.41) is 14.2. The van der Waals surface area contributed by atoms with Crippen molar-refractivity contribution in [2.45, 2.75) is 19.4 Å². The Kier molecular flexibility index (Phi) is 3.61. The number of hydrogen-bond acceptors (Lipinski definition) is 3. The Morgan fingerprint density at radius 1 is 1.47 bits per heavy atom. The van der Waals surface area contributed by atoms with Gasteiger partial charge in [0.25, 0.3) is 0 Å². The second kappa shape index (κ2) is 4.84. The number of halogens is 1. The predicted octanol–water partition coefficient (Wildman–Crippen LogP) is 1.81. The van der Waals surface area contributed by atoms with Crippen molar-refractivity contribution in [1.29, 1.82) is 0 Å². The van der Waals surface area contributed by atoms with E-state index in [9.17, 15) is 5.11 Å². The van der Waals surface area contributed by atoms with Crippen molar-refractivity contribution >= 4 is 17.3 Å². The maximum Gasteiger partial charge on any atom is 0.0917 e. The summed E-state index contributed by atoms with van der Waals surface area (Å²) < 4.78 is 0. The zero-order valence-corrected chi connectivity index (χ0v) is 11.1. The van der Waals surface area contributed by atoms with E-state index in [4.69, 9.17) is 11.6 Å². The Hall–Kier alpha value is -0.770. The highest BCUT2D eigenvalue weighted by molar-refractivity contribution is 6.30. The van der Waals surface area contributed by atoms with Gasteiger partial charge in [0.1, 0.15) is 0 Å². The Labute approximate surface area is 107 Å². The van der Waals surface area contributed by atoms with E-state index in [1.165, 1.54) is 5.56 Å². The van der Waals surface area contributed by atoms with Gasteiger partial charge in [-0.25, -0.2) is 0 Å². The SMILES string of the molecule is Cc1ccc(Cl)cc1N1CCNCC(C)(O)C1. The van der Waals surface area contributed by atoms with Gasteiger partial charge < -0.3 is 15.3 Å². The van der Waals surface area contributed by atoms with Gasteiger partial charge in [0, 0.05) is 36.9 Å². The van der Waals surface area contributed by atoms with Crippen molar-refractivity contribution in [3.05, 3.63) is 28.8 Å². The van der Waals surface area contributed by atoms with E-state index in [-0.39, 0.29) is 0 Å². The third kappa shape index (κ3) is 3.12. The Bertz CT molecular complexity index is 406. The first-order valence-corrected chi connectivity index (χ1v) is 6.30. The summed E-state index contributed by atoms with van der Waals surface area (Å²) in [5.74, 6) is 0. The van der Waals surface area contributed by atoms with Gasteiger partial charge in [0.05, 0.1) is 5.60 Å². The van der Waals surface area contributed by atoms with Gasteiger partial charge in [0.15, 0.2) is 0 Å². The lowest BCUT2D eigenvalue weighted by atomic mass is 10.1. The molecular formula is C13H19ClN2O. The van der Waals surface area contributed by atoms with Crippen LogP contribution in [-0.2, 0) is 0 Å². The number of nitrogens with zero attached hydrogens (tertiary/aromatic N) is 1. The van der Waals surface area contributed by atoms with Crippen molar-refractivity contribution in [1.82, 2.24) is 5.32 Å². The van der Waals surface area contributed by atoms with Crippen LogP contribution in [0.5, 0.6) is 0 Å². The van der Waals surface area contributed by atoms with Gasteiger partial charge in [0.2, 0.25) is 0 Å². The Morgan fingerprint density at radius 2 is 2.24 bits per heavy atom. The molecule has 1 heterocycles. The number of nitrogens with one attached hydrogen (secondary N) is 1. The normalized spacial score (nSPS) is 25.8. The molecule has 1 aromatic carbocycles. The van der Waals surface area contributed by atoms with Crippen molar-refractivity contribution in [3.8, 4) is 0 Å². The van der Waals surface area contributed by atoms with Crippen molar-refractivity contribution in [3.63, 3.8) is 0 Å². The van der Waals surface area contributed by atoms with E-state index in [0.717, 1.165) is 23.8 Å². The molecule has 0 spiro atoms. The minimum atomic E-state index is -0.703. The number of hydrogen-bond donors (Lipinski definition) is 2. The van der Waals surface area contributed by atoms with E-state index in [1.54, 1.807) is 0 Å². The standard InChI is InChI=1S/C13H19ClN2O/c1-10-3-4-11(14)7-12(10)16-6-5-15-8-13(2,17)9-16/h3-4,7,15,17H,5-6,8-9H2,1-2H3. The maximum atomic E-state index is 10.2. The molecule has 1 atom stereocenters. The molecule has 1 fully saturated rings. The van der Waals surface area contributed by atoms with E-state index in [1.807, 2.05) is 25.1 Å². The molecule has 2 N–H and O–H groups in total. The molecule has 0 saturated carbocycles. The Balaban J connectivity index is 2.28. The summed E-state index contributed by atoms with van der Waals surface area (Å²) >= 11 is 6.04. The van der Waals surface area contributed by atoms with Crippen LogP contribution < -0.4 is 10.2 Å². The summed E-state index contributed by atoms with van der Waals surface area (Å²) in [6.45, 7) is 6.95. The third-order valence-corrected chi connectivity index (χ3v) is 3.34. The van der Waals surface area contributed by atoms with Crippen LogP contribution in [0.2, 0.25) is 5.02 Å². The lowest BCUT2D eigenvalue weighted by molar-refractivity contribution is 0.0729. The quantitative estimate of drug-likeness (QED) is 0.803. The lowest BCUT2D eigenvalue weighted by Gasteiger charge is -2.30. The van der Waals surface area contributed by atoms with Crippen LogP contribution in [0, 0.1) is 6.92 Å². The molecule has 1 aliphatic rings. The average molecular weight is 255 g/mol.